The van der Waals surface area contributed by atoms with Gasteiger partial charge in [0, 0.05) is 5.70 Å². The van der Waals surface area contributed by atoms with Gasteiger partial charge in [0.2, 0.25) is 5.91 Å². The lowest BCUT2D eigenvalue weighted by Crippen LogP contribution is -2.53. The number of carbonyl (C=O) groups excluding carboxylic acids is 1. The van der Waals surface area contributed by atoms with Crippen molar-refractivity contribution in [1.82, 2.24) is 5.32 Å². The summed E-state index contributed by atoms with van der Waals surface area (Å²) in [5.74, 6) is 2.57. The number of amides is 1. The van der Waals surface area contributed by atoms with Gasteiger partial charge in [0.1, 0.15) is 0 Å². The molecule has 148 valence electrons. The van der Waals surface area contributed by atoms with Crippen molar-refractivity contribution in [3.8, 4) is 0 Å². The smallest absolute Gasteiger partial charge is 0.230 e. The van der Waals surface area contributed by atoms with Gasteiger partial charge in [0.25, 0.3) is 0 Å². The van der Waals surface area contributed by atoms with Gasteiger partial charge in [-0.2, -0.15) is 0 Å². The van der Waals surface area contributed by atoms with Crippen LogP contribution in [0.1, 0.15) is 49.7 Å². The maximum absolute atomic E-state index is 13.5. The molecule has 2 aromatic carbocycles. The van der Waals surface area contributed by atoms with Crippen LogP contribution < -0.4 is 5.32 Å². The molecule has 0 saturated heterocycles. The van der Waals surface area contributed by atoms with Crippen LogP contribution in [0.3, 0.4) is 0 Å². The van der Waals surface area contributed by atoms with Crippen molar-refractivity contribution in [2.75, 3.05) is 0 Å². The first kappa shape index (κ1) is 18.4. The third-order valence-corrected chi connectivity index (χ3v) is 7.20. The summed E-state index contributed by atoms with van der Waals surface area (Å²) in [6.45, 7) is 0. The fourth-order valence-electron chi connectivity index (χ4n) is 6.29. The maximum atomic E-state index is 13.5. The summed E-state index contributed by atoms with van der Waals surface area (Å²) in [5.41, 5.74) is 2.98. The van der Waals surface area contributed by atoms with Crippen molar-refractivity contribution < 1.29 is 4.79 Å². The second kappa shape index (κ2) is 7.67. The second-order valence-electron chi connectivity index (χ2n) is 9.37. The first-order valence-corrected chi connectivity index (χ1v) is 11.0. The van der Waals surface area contributed by atoms with Crippen LogP contribution in [0, 0.1) is 23.2 Å². The van der Waals surface area contributed by atoms with Crippen molar-refractivity contribution >= 4 is 17.7 Å². The molecule has 0 heterocycles. The zero-order chi connectivity index (χ0) is 19.7. The molecule has 29 heavy (non-hydrogen) atoms. The van der Waals surface area contributed by atoms with Gasteiger partial charge >= 0.3 is 0 Å². The normalized spacial score (nSPS) is 30.6. The molecule has 2 aromatic rings. The van der Waals surface area contributed by atoms with E-state index in [1.807, 2.05) is 48.6 Å². The van der Waals surface area contributed by atoms with Gasteiger partial charge in [-0.1, -0.05) is 72.8 Å². The number of carbonyl (C=O) groups is 1. The van der Waals surface area contributed by atoms with E-state index in [9.17, 15) is 4.79 Å². The van der Waals surface area contributed by atoms with Gasteiger partial charge in [0.05, 0.1) is 5.41 Å². The third-order valence-electron chi connectivity index (χ3n) is 7.20. The van der Waals surface area contributed by atoms with Gasteiger partial charge in [-0.15, -0.1) is 0 Å². The van der Waals surface area contributed by atoms with Crippen molar-refractivity contribution in [3.63, 3.8) is 0 Å². The Kier molecular flexibility index (Phi) is 4.87. The molecule has 1 amide bonds. The molecule has 2 heteroatoms. The van der Waals surface area contributed by atoms with E-state index in [0.29, 0.717) is 0 Å². The quantitative estimate of drug-likeness (QED) is 0.624. The summed E-state index contributed by atoms with van der Waals surface area (Å²) in [6.07, 6.45) is 13.5. The zero-order valence-corrected chi connectivity index (χ0v) is 16.9. The molecule has 4 aliphatic rings. The molecule has 4 saturated carbocycles. The maximum Gasteiger partial charge on any atom is 0.230 e. The van der Waals surface area contributed by atoms with E-state index in [-0.39, 0.29) is 11.3 Å². The Morgan fingerprint density at radius 1 is 0.828 bits per heavy atom. The minimum absolute atomic E-state index is 0.133. The van der Waals surface area contributed by atoms with E-state index in [1.54, 1.807) is 0 Å². The van der Waals surface area contributed by atoms with Crippen molar-refractivity contribution in [2.45, 2.75) is 38.5 Å². The molecule has 4 aliphatic carbocycles. The van der Waals surface area contributed by atoms with E-state index < -0.39 is 0 Å². The Hall–Kier alpha value is -2.61. The number of nitrogens with one attached hydrogen (secondary N) is 1. The predicted octanol–water partition coefficient (Wildman–Crippen LogP) is 6.07. The van der Waals surface area contributed by atoms with Crippen LogP contribution in [0.5, 0.6) is 0 Å². The lowest BCUT2D eigenvalue weighted by Gasteiger charge is -2.55. The standard InChI is InChI=1S/C27H29NO/c29-26(27-17-21-14-22(18-27)16-23(15-21)19-27)28-25(24-11-5-2-6-12-24)13-7-10-20-8-3-1-4-9-20/h1-13,21-23H,14-19H2,(H,28,29). The van der Waals surface area contributed by atoms with Crippen molar-refractivity contribution in [3.05, 3.63) is 83.9 Å². The van der Waals surface area contributed by atoms with E-state index in [4.69, 9.17) is 0 Å². The lowest BCUT2D eigenvalue weighted by atomic mass is 9.49. The Balaban J connectivity index is 1.39. The van der Waals surface area contributed by atoms with Crippen LogP contribution in [0.2, 0.25) is 0 Å². The minimum Gasteiger partial charge on any atom is -0.325 e. The molecule has 2 nitrogen and oxygen atoms in total. The number of allylic oxidation sites excluding steroid dienone is 2. The highest BCUT2D eigenvalue weighted by molar-refractivity contribution is 5.91. The summed E-state index contributed by atoms with van der Waals surface area (Å²) in [6, 6.07) is 20.5. The van der Waals surface area contributed by atoms with Crippen LogP contribution in [-0.2, 0) is 4.79 Å². The van der Waals surface area contributed by atoms with E-state index in [2.05, 4.69) is 35.7 Å². The average molecular weight is 384 g/mol. The first-order chi connectivity index (χ1) is 14.2. The highest BCUT2D eigenvalue weighted by Crippen LogP contribution is 2.60. The van der Waals surface area contributed by atoms with Gasteiger partial charge in [-0.25, -0.2) is 0 Å². The summed E-state index contributed by atoms with van der Waals surface area (Å²) < 4.78 is 0. The predicted molar refractivity (Wildman–Crippen MR) is 119 cm³/mol. The molecule has 4 bridgehead atoms. The molecule has 0 aromatic heterocycles. The largest absolute Gasteiger partial charge is 0.325 e. The van der Waals surface area contributed by atoms with Crippen molar-refractivity contribution in [1.29, 1.82) is 0 Å². The molecule has 1 N–H and O–H groups in total. The molecule has 0 unspecified atom stereocenters. The molecule has 6 rings (SSSR count). The van der Waals surface area contributed by atoms with Gasteiger partial charge in [-0.05, 0) is 73.5 Å². The van der Waals surface area contributed by atoms with Gasteiger partial charge in [-0.3, -0.25) is 4.79 Å². The van der Waals surface area contributed by atoms with E-state index >= 15 is 0 Å². The van der Waals surface area contributed by atoms with E-state index in [1.165, 1.54) is 19.3 Å². The highest BCUT2D eigenvalue weighted by Gasteiger charge is 2.54. The number of hydrogen-bond donors (Lipinski definition) is 1. The summed E-state index contributed by atoms with van der Waals surface area (Å²) in [7, 11) is 0. The third kappa shape index (κ3) is 3.81. The van der Waals surface area contributed by atoms with Gasteiger partial charge in [0.15, 0.2) is 0 Å². The average Bonchev–Trinajstić information content (AvgIpc) is 2.73. The molecule has 0 atom stereocenters. The number of benzene rings is 2. The molecular formula is C27H29NO. The van der Waals surface area contributed by atoms with E-state index in [0.717, 1.165) is 53.8 Å². The topological polar surface area (TPSA) is 29.1 Å². The Morgan fingerprint density at radius 2 is 1.38 bits per heavy atom. The first-order valence-electron chi connectivity index (χ1n) is 11.0. The zero-order valence-electron chi connectivity index (χ0n) is 16.9. The fourth-order valence-corrected chi connectivity index (χ4v) is 6.29. The highest BCUT2D eigenvalue weighted by atomic mass is 16.2. The summed E-state index contributed by atoms with van der Waals surface area (Å²) >= 11 is 0. The SMILES string of the molecule is O=C(NC(=CC=Cc1ccccc1)c1ccccc1)C12CC3CC(CC(C3)C1)C2. The minimum atomic E-state index is -0.133. The molecule has 0 spiro atoms. The van der Waals surface area contributed by atoms with Gasteiger partial charge < -0.3 is 5.32 Å². The van der Waals surface area contributed by atoms with Crippen LogP contribution in [0.25, 0.3) is 11.8 Å². The van der Waals surface area contributed by atoms with Crippen molar-refractivity contribution in [2.24, 2.45) is 23.2 Å². The Morgan fingerprint density at radius 3 is 1.97 bits per heavy atom. The Labute approximate surface area is 173 Å². The van der Waals surface area contributed by atoms with Crippen LogP contribution in [0.4, 0.5) is 0 Å². The summed E-state index contributed by atoms with van der Waals surface area (Å²) in [4.78, 5) is 13.5. The molecule has 4 fully saturated rings. The van der Waals surface area contributed by atoms with Crippen LogP contribution in [-0.4, -0.2) is 5.91 Å². The number of rotatable bonds is 5. The molecule has 0 radical (unpaired) electrons. The van der Waals surface area contributed by atoms with Crippen LogP contribution in [0.15, 0.2) is 72.8 Å². The molecular weight excluding hydrogens is 354 g/mol. The van der Waals surface area contributed by atoms with Crippen LogP contribution >= 0.6 is 0 Å². The lowest BCUT2D eigenvalue weighted by molar-refractivity contribution is -0.144. The monoisotopic (exact) mass is 383 g/mol. The Bertz CT molecular complexity index is 890. The summed E-state index contributed by atoms with van der Waals surface area (Å²) in [5, 5.41) is 3.35. The number of hydrogen-bond acceptors (Lipinski definition) is 1. The molecule has 0 aliphatic heterocycles. The second-order valence-corrected chi connectivity index (χ2v) is 9.37. The fraction of sp³-hybridized carbons (Fsp3) is 0.370.